The molecule has 0 spiro atoms. The second-order valence-electron chi connectivity index (χ2n) is 6.28. The Morgan fingerprint density at radius 3 is 2.65 bits per heavy atom. The van der Waals surface area contributed by atoms with Crippen molar-refractivity contribution in [3.63, 3.8) is 0 Å². The fourth-order valence-corrected chi connectivity index (χ4v) is 3.38. The molecule has 0 aliphatic carbocycles. The van der Waals surface area contributed by atoms with Crippen LogP contribution in [0.4, 0.5) is 10.5 Å². The van der Waals surface area contributed by atoms with Crippen LogP contribution in [0.2, 0.25) is 0 Å². The standard InChI is InChI=1S/C18H21N3O2/c1-20-8-10-21(11-9-20)18(22)23-17-12-16-14(6-7-19-16)13-4-2-3-5-15(13)17/h2-5,12,19H,6-11H2,1H3. The molecule has 5 heteroatoms. The highest BCUT2D eigenvalue weighted by Gasteiger charge is 2.23. The summed E-state index contributed by atoms with van der Waals surface area (Å²) in [5.74, 6) is 0.651. The molecule has 0 aromatic heterocycles. The highest BCUT2D eigenvalue weighted by Crippen LogP contribution is 2.37. The van der Waals surface area contributed by atoms with E-state index in [0.717, 1.165) is 50.2 Å². The Hall–Kier alpha value is -2.27. The lowest BCUT2D eigenvalue weighted by Crippen LogP contribution is -2.48. The average Bonchev–Trinajstić information content (AvgIpc) is 3.04. The molecule has 0 saturated carbocycles. The van der Waals surface area contributed by atoms with Crippen LogP contribution in [0, 0.1) is 0 Å². The highest BCUT2D eigenvalue weighted by molar-refractivity contribution is 5.97. The number of rotatable bonds is 1. The molecular weight excluding hydrogens is 290 g/mol. The fraction of sp³-hybridized carbons (Fsp3) is 0.389. The van der Waals surface area contributed by atoms with Crippen LogP contribution < -0.4 is 10.1 Å². The first-order valence-corrected chi connectivity index (χ1v) is 8.16. The van der Waals surface area contributed by atoms with Crippen LogP contribution in [-0.2, 0) is 6.42 Å². The lowest BCUT2D eigenvalue weighted by atomic mass is 10.0. The van der Waals surface area contributed by atoms with Gasteiger partial charge in [0.25, 0.3) is 0 Å². The Labute approximate surface area is 135 Å². The van der Waals surface area contributed by atoms with Crippen LogP contribution in [-0.4, -0.2) is 55.7 Å². The first kappa shape index (κ1) is 14.3. The molecule has 2 heterocycles. The molecule has 4 rings (SSSR count). The number of ether oxygens (including phenoxy) is 1. The van der Waals surface area contributed by atoms with E-state index < -0.39 is 0 Å². The molecule has 1 fully saturated rings. The summed E-state index contributed by atoms with van der Waals surface area (Å²) in [6, 6.07) is 10.1. The van der Waals surface area contributed by atoms with Crippen molar-refractivity contribution >= 4 is 22.6 Å². The largest absolute Gasteiger partial charge is 0.415 e. The summed E-state index contributed by atoms with van der Waals surface area (Å²) >= 11 is 0. The van der Waals surface area contributed by atoms with Gasteiger partial charge in [0.05, 0.1) is 0 Å². The Balaban J connectivity index is 1.64. The number of likely N-dealkylation sites (N-methyl/N-ethyl adjacent to an activating group) is 1. The Kier molecular flexibility index (Phi) is 3.58. The van der Waals surface area contributed by atoms with E-state index in [1.54, 1.807) is 4.90 Å². The van der Waals surface area contributed by atoms with Crippen LogP contribution in [0.25, 0.3) is 10.8 Å². The Morgan fingerprint density at radius 1 is 1.13 bits per heavy atom. The summed E-state index contributed by atoms with van der Waals surface area (Å²) in [5.41, 5.74) is 2.41. The minimum absolute atomic E-state index is 0.249. The van der Waals surface area contributed by atoms with E-state index in [1.165, 1.54) is 10.9 Å². The zero-order valence-corrected chi connectivity index (χ0v) is 13.3. The van der Waals surface area contributed by atoms with Crippen molar-refractivity contribution < 1.29 is 9.53 Å². The number of benzene rings is 2. The molecule has 0 radical (unpaired) electrons. The number of piperazine rings is 1. The zero-order valence-electron chi connectivity index (χ0n) is 13.3. The molecule has 2 aliphatic heterocycles. The van der Waals surface area contributed by atoms with Crippen molar-refractivity contribution in [2.75, 3.05) is 45.1 Å². The molecule has 5 nitrogen and oxygen atoms in total. The number of fused-ring (bicyclic) bond motifs is 3. The quantitative estimate of drug-likeness (QED) is 0.879. The maximum absolute atomic E-state index is 12.5. The second-order valence-corrected chi connectivity index (χ2v) is 6.28. The minimum atomic E-state index is -0.249. The summed E-state index contributed by atoms with van der Waals surface area (Å²) in [4.78, 5) is 16.5. The van der Waals surface area contributed by atoms with E-state index in [2.05, 4.69) is 23.3 Å². The Bertz CT molecular complexity index is 751. The van der Waals surface area contributed by atoms with Gasteiger partial charge in [0.2, 0.25) is 0 Å². The predicted octanol–water partition coefficient (Wildman–Crippen LogP) is 2.55. The summed E-state index contributed by atoms with van der Waals surface area (Å²) in [6.45, 7) is 4.16. The number of amides is 1. The summed E-state index contributed by atoms with van der Waals surface area (Å²) in [5, 5.41) is 5.57. The number of hydrogen-bond acceptors (Lipinski definition) is 4. The number of hydrogen-bond donors (Lipinski definition) is 1. The van der Waals surface area contributed by atoms with Crippen molar-refractivity contribution in [3.05, 3.63) is 35.9 Å². The van der Waals surface area contributed by atoms with Gasteiger partial charge < -0.3 is 19.9 Å². The molecule has 120 valence electrons. The molecular formula is C18H21N3O2. The van der Waals surface area contributed by atoms with Gasteiger partial charge in [0.15, 0.2) is 0 Å². The third-order valence-electron chi connectivity index (χ3n) is 4.77. The van der Waals surface area contributed by atoms with E-state index in [-0.39, 0.29) is 6.09 Å². The van der Waals surface area contributed by atoms with Crippen LogP contribution in [0.3, 0.4) is 0 Å². The van der Waals surface area contributed by atoms with Gasteiger partial charge in [-0.15, -0.1) is 0 Å². The van der Waals surface area contributed by atoms with Crippen LogP contribution in [0.5, 0.6) is 5.75 Å². The predicted molar refractivity (Wildman–Crippen MR) is 91.2 cm³/mol. The average molecular weight is 311 g/mol. The third-order valence-corrected chi connectivity index (χ3v) is 4.77. The zero-order chi connectivity index (χ0) is 15.8. The topological polar surface area (TPSA) is 44.8 Å². The van der Waals surface area contributed by atoms with Gasteiger partial charge in [-0.05, 0) is 24.4 Å². The number of carbonyl (C=O) groups excluding carboxylic acids is 1. The number of anilines is 1. The van der Waals surface area contributed by atoms with Gasteiger partial charge in [-0.1, -0.05) is 24.3 Å². The van der Waals surface area contributed by atoms with Crippen molar-refractivity contribution in [1.29, 1.82) is 0 Å². The van der Waals surface area contributed by atoms with Crippen molar-refractivity contribution in [2.24, 2.45) is 0 Å². The van der Waals surface area contributed by atoms with Crippen molar-refractivity contribution in [1.82, 2.24) is 9.80 Å². The van der Waals surface area contributed by atoms with E-state index in [9.17, 15) is 4.79 Å². The van der Waals surface area contributed by atoms with Gasteiger partial charge in [0, 0.05) is 49.9 Å². The molecule has 23 heavy (non-hydrogen) atoms. The minimum Gasteiger partial charge on any atom is -0.409 e. The molecule has 1 amide bonds. The molecule has 0 atom stereocenters. The summed E-state index contributed by atoms with van der Waals surface area (Å²) < 4.78 is 5.76. The smallest absolute Gasteiger partial charge is 0.409 e. The number of nitrogens with one attached hydrogen (secondary N) is 1. The second kappa shape index (κ2) is 5.74. The lowest BCUT2D eigenvalue weighted by molar-refractivity contribution is 0.121. The van der Waals surface area contributed by atoms with E-state index in [4.69, 9.17) is 4.74 Å². The molecule has 2 aliphatic rings. The number of carbonyl (C=O) groups is 1. The Morgan fingerprint density at radius 2 is 1.87 bits per heavy atom. The van der Waals surface area contributed by atoms with Crippen LogP contribution in [0.15, 0.2) is 30.3 Å². The normalized spacial score (nSPS) is 17.9. The van der Waals surface area contributed by atoms with Crippen molar-refractivity contribution in [3.8, 4) is 5.75 Å². The van der Waals surface area contributed by atoms with Gasteiger partial charge in [-0.25, -0.2) is 4.79 Å². The maximum Gasteiger partial charge on any atom is 0.415 e. The first-order valence-electron chi connectivity index (χ1n) is 8.16. The molecule has 0 bridgehead atoms. The van der Waals surface area contributed by atoms with Gasteiger partial charge in [-0.3, -0.25) is 0 Å². The summed E-state index contributed by atoms with van der Waals surface area (Å²) in [7, 11) is 2.07. The van der Waals surface area contributed by atoms with E-state index in [0.29, 0.717) is 5.75 Å². The van der Waals surface area contributed by atoms with Crippen LogP contribution in [0.1, 0.15) is 5.56 Å². The van der Waals surface area contributed by atoms with E-state index >= 15 is 0 Å². The fourth-order valence-electron chi connectivity index (χ4n) is 3.38. The first-order chi connectivity index (χ1) is 11.2. The SMILES string of the molecule is CN1CCN(C(=O)Oc2cc3c(c4ccccc24)CCN3)CC1. The summed E-state index contributed by atoms with van der Waals surface area (Å²) in [6.07, 6.45) is 0.768. The molecule has 0 unspecified atom stereocenters. The number of nitrogens with zero attached hydrogens (tertiary/aromatic N) is 2. The molecule has 2 aromatic carbocycles. The third kappa shape index (κ3) is 2.61. The monoisotopic (exact) mass is 311 g/mol. The van der Waals surface area contributed by atoms with Gasteiger partial charge in [-0.2, -0.15) is 0 Å². The van der Waals surface area contributed by atoms with E-state index in [1.807, 2.05) is 24.3 Å². The van der Waals surface area contributed by atoms with Gasteiger partial charge in [0.1, 0.15) is 5.75 Å². The maximum atomic E-state index is 12.5. The van der Waals surface area contributed by atoms with Gasteiger partial charge >= 0.3 is 6.09 Å². The molecule has 2 aromatic rings. The molecule has 1 saturated heterocycles. The van der Waals surface area contributed by atoms with Crippen molar-refractivity contribution in [2.45, 2.75) is 6.42 Å². The highest BCUT2D eigenvalue weighted by atomic mass is 16.6. The lowest BCUT2D eigenvalue weighted by Gasteiger charge is -2.31. The molecule has 1 N–H and O–H groups in total. The van der Waals surface area contributed by atoms with Crippen LogP contribution >= 0.6 is 0 Å².